The summed E-state index contributed by atoms with van der Waals surface area (Å²) in [6, 6.07) is 12.5. The third kappa shape index (κ3) is 8.61. The molecule has 3 atom stereocenters. The van der Waals surface area contributed by atoms with E-state index in [9.17, 15) is 32.8 Å². The maximum absolute atomic E-state index is 16.2. The van der Waals surface area contributed by atoms with Gasteiger partial charge >= 0.3 is 0 Å². The quantitative estimate of drug-likeness (QED) is 0.139. The van der Waals surface area contributed by atoms with Crippen LogP contribution in [0.3, 0.4) is 0 Å². The molecule has 8 heterocycles. The molecule has 15 nitrogen and oxygen atoms in total. The first-order valence-electron chi connectivity index (χ1n) is 26.1. The number of anilines is 2. The number of carbonyl (C=O) groups is 4. The van der Waals surface area contributed by atoms with Gasteiger partial charge in [0.05, 0.1) is 17.3 Å². The number of nitrogens with zero attached hydrogens (tertiary/aromatic N) is 8. The highest BCUT2D eigenvalue weighted by molar-refractivity contribution is 6.15. The lowest BCUT2D eigenvalue weighted by Gasteiger charge is -2.42. The van der Waals surface area contributed by atoms with Crippen molar-refractivity contribution >= 4 is 51.6 Å². The van der Waals surface area contributed by atoms with Gasteiger partial charge in [-0.2, -0.15) is 4.39 Å². The van der Waals surface area contributed by atoms with Gasteiger partial charge in [0, 0.05) is 126 Å². The Bertz CT molecular complexity index is 3210. The topological polar surface area (TPSA) is 148 Å². The molecule has 1 aliphatic carbocycles. The molecule has 5 aliphatic heterocycles. The maximum Gasteiger partial charge on any atom is 0.293 e. The maximum atomic E-state index is 16.2. The molecule has 3 aromatic heterocycles. The number of aryl methyl sites for hydroxylation is 2. The van der Waals surface area contributed by atoms with Gasteiger partial charge in [0.15, 0.2) is 5.82 Å². The van der Waals surface area contributed by atoms with Gasteiger partial charge in [0.1, 0.15) is 23.2 Å². The van der Waals surface area contributed by atoms with Gasteiger partial charge in [-0.05, 0) is 118 Å². The van der Waals surface area contributed by atoms with Crippen LogP contribution >= 0.6 is 0 Å². The average molecular weight is 1010 g/mol. The number of imide groups is 1. The van der Waals surface area contributed by atoms with Crippen molar-refractivity contribution in [1.82, 2.24) is 39.0 Å². The van der Waals surface area contributed by atoms with Crippen LogP contribution in [0.4, 0.5) is 24.5 Å². The van der Waals surface area contributed by atoms with Crippen molar-refractivity contribution in [2.75, 3.05) is 69.6 Å². The molecule has 388 valence electrons. The fourth-order valence-corrected chi connectivity index (χ4v) is 12.7. The van der Waals surface area contributed by atoms with E-state index >= 15 is 4.39 Å². The number of piperidine rings is 2. The van der Waals surface area contributed by atoms with Gasteiger partial charge < -0.3 is 14.8 Å². The first-order chi connectivity index (χ1) is 35.5. The predicted molar refractivity (Wildman–Crippen MR) is 275 cm³/mol. The second-order valence-corrected chi connectivity index (χ2v) is 21.5. The largest absolute Gasteiger partial charge is 0.383 e. The summed E-state index contributed by atoms with van der Waals surface area (Å²) in [7, 11) is 3.22. The van der Waals surface area contributed by atoms with Crippen molar-refractivity contribution in [2.45, 2.75) is 95.8 Å². The summed E-state index contributed by atoms with van der Waals surface area (Å²) in [6.07, 6.45) is 9.00. The van der Waals surface area contributed by atoms with Crippen molar-refractivity contribution in [2.24, 2.45) is 13.0 Å². The molecule has 74 heavy (non-hydrogen) atoms. The number of carbonyl (C=O) groups excluding carboxylic acids is 4. The molecule has 2 N–H and O–H groups in total. The molecule has 0 bridgehead atoms. The minimum absolute atomic E-state index is 0.0164. The molecule has 6 aliphatic rings. The van der Waals surface area contributed by atoms with Crippen LogP contribution in [0.15, 0.2) is 65.7 Å². The molecular formula is C56H63F3N10O5. The van der Waals surface area contributed by atoms with Crippen molar-refractivity contribution < 1.29 is 32.3 Å². The Morgan fingerprint density at radius 2 is 1.72 bits per heavy atom. The van der Waals surface area contributed by atoms with Gasteiger partial charge in [0.2, 0.25) is 23.5 Å². The smallest absolute Gasteiger partial charge is 0.293 e. The van der Waals surface area contributed by atoms with E-state index in [0.717, 1.165) is 103 Å². The number of nitrogens with one attached hydrogen (secondary N) is 2. The number of pyridine rings is 2. The highest BCUT2D eigenvalue weighted by atomic mass is 19.1. The SMILES string of the molecule is CNc1c(F)cn(-c2ccnc3c2cc([C@H](C)N2CC=C(c4c(C)cc(C(=O)N5CCC(CN6CCN(Cc7ccc8c(c7)C7(CC7)C(=O)N8C7CCC(=O)NC7=O)C[C@@H]6C)CC5)cc4F)CC2)n3C)c(=O)c1F. The predicted octanol–water partition coefficient (Wildman–Crippen LogP) is 6.58. The summed E-state index contributed by atoms with van der Waals surface area (Å²) < 4.78 is 48.8. The number of halogens is 3. The van der Waals surface area contributed by atoms with E-state index in [4.69, 9.17) is 0 Å². The number of aromatic nitrogens is 3. The van der Waals surface area contributed by atoms with Gasteiger partial charge in [-0.15, -0.1) is 0 Å². The molecule has 0 radical (unpaired) electrons. The molecule has 3 saturated heterocycles. The number of piperazine rings is 1. The van der Waals surface area contributed by atoms with Crippen LogP contribution in [-0.2, 0) is 33.4 Å². The normalized spacial score (nSPS) is 22.1. The summed E-state index contributed by atoms with van der Waals surface area (Å²) >= 11 is 0. The molecule has 11 rings (SSSR count). The lowest BCUT2D eigenvalue weighted by molar-refractivity contribution is -0.135. The minimum atomic E-state index is -1.21. The van der Waals surface area contributed by atoms with Crippen LogP contribution in [0.1, 0.15) is 103 Å². The molecule has 1 saturated carbocycles. The lowest BCUT2D eigenvalue weighted by atomic mass is 9.92. The highest BCUT2D eigenvalue weighted by Gasteiger charge is 2.61. The fraction of sp³-hybridized carbons (Fsp3) is 0.464. The van der Waals surface area contributed by atoms with Crippen LogP contribution in [-0.4, -0.2) is 129 Å². The number of fused-ring (bicyclic) bond motifs is 3. The Morgan fingerprint density at radius 1 is 0.932 bits per heavy atom. The highest BCUT2D eigenvalue weighted by Crippen LogP contribution is 2.58. The van der Waals surface area contributed by atoms with Gasteiger partial charge in [0.25, 0.3) is 11.5 Å². The molecule has 4 fully saturated rings. The number of hydrogen-bond acceptors (Lipinski definition) is 10. The summed E-state index contributed by atoms with van der Waals surface area (Å²) in [4.78, 5) is 80.6. The minimum Gasteiger partial charge on any atom is -0.383 e. The lowest BCUT2D eigenvalue weighted by Crippen LogP contribution is -2.54. The number of likely N-dealkylation sites (tertiary alicyclic amines) is 1. The first-order valence-corrected chi connectivity index (χ1v) is 26.1. The van der Waals surface area contributed by atoms with Crippen molar-refractivity contribution in [3.05, 3.63) is 122 Å². The number of hydrogen-bond donors (Lipinski definition) is 2. The Labute approximate surface area is 428 Å². The summed E-state index contributed by atoms with van der Waals surface area (Å²) in [5.74, 6) is -2.91. The molecular weight excluding hydrogens is 950 g/mol. The summed E-state index contributed by atoms with van der Waals surface area (Å²) in [6.45, 7) is 13.1. The van der Waals surface area contributed by atoms with E-state index in [-0.39, 0.29) is 30.2 Å². The average Bonchev–Trinajstić information content (AvgIpc) is 4.10. The van der Waals surface area contributed by atoms with Crippen molar-refractivity contribution in [1.29, 1.82) is 0 Å². The second kappa shape index (κ2) is 19.3. The van der Waals surface area contributed by atoms with Crippen LogP contribution in [0.2, 0.25) is 0 Å². The van der Waals surface area contributed by atoms with E-state index in [1.165, 1.54) is 19.3 Å². The summed E-state index contributed by atoms with van der Waals surface area (Å²) in [5, 5.41) is 5.40. The molecule has 5 aromatic rings. The van der Waals surface area contributed by atoms with Crippen molar-refractivity contribution in [3.8, 4) is 5.69 Å². The third-order valence-corrected chi connectivity index (χ3v) is 17.0. The third-order valence-electron chi connectivity index (χ3n) is 17.0. The van der Waals surface area contributed by atoms with Crippen LogP contribution in [0.5, 0.6) is 0 Å². The Kier molecular flexibility index (Phi) is 12.9. The van der Waals surface area contributed by atoms with E-state index in [1.54, 1.807) is 11.0 Å². The molecule has 18 heteroatoms. The zero-order chi connectivity index (χ0) is 51.9. The summed E-state index contributed by atoms with van der Waals surface area (Å²) in [5.41, 5.74) is 5.22. The van der Waals surface area contributed by atoms with Crippen LogP contribution in [0.25, 0.3) is 22.3 Å². The Balaban J connectivity index is 0.676. The van der Waals surface area contributed by atoms with E-state index in [2.05, 4.69) is 56.3 Å². The first kappa shape index (κ1) is 49.6. The standard InChI is InChI=1S/C56H63F3N10O5/c1-32-24-38(26-41(57)48(32)37-13-20-65(21-14-37)34(3)46-27-39-43(10-17-61-51(39)63(46)5)68-31-42(58)50(60-4)49(59)54(68)73)53(72)66-18-11-35(12-19-66)30-67-23-22-64(28-33(67)2)29-36-6-7-44-40(25-36)56(15-16-56)55(74)69(44)45-8-9-47(70)62-52(45)71/h6-7,10,13,17,24-27,31,33-35,45,60H,8-9,11-12,14-16,18-23,28-30H2,1-5H3,(H,62,70,71)/t33-,34-,45?/m0/s1. The molecule has 1 spiro atoms. The van der Waals surface area contributed by atoms with Gasteiger partial charge in [-0.3, -0.25) is 53.5 Å². The monoisotopic (exact) mass is 1010 g/mol. The van der Waals surface area contributed by atoms with E-state index in [1.807, 2.05) is 47.7 Å². The van der Waals surface area contributed by atoms with Crippen LogP contribution in [0, 0.1) is 30.3 Å². The number of amides is 4. The second-order valence-electron chi connectivity index (χ2n) is 21.5. The van der Waals surface area contributed by atoms with Gasteiger partial charge in [-0.1, -0.05) is 18.2 Å². The fourth-order valence-electron chi connectivity index (χ4n) is 12.7. The van der Waals surface area contributed by atoms with E-state index in [0.29, 0.717) is 78.8 Å². The zero-order valence-electron chi connectivity index (χ0n) is 42.6. The molecule has 2 aromatic carbocycles. The molecule has 4 amide bonds. The Morgan fingerprint density at radius 3 is 2.41 bits per heavy atom. The van der Waals surface area contributed by atoms with Crippen LogP contribution < -0.4 is 21.1 Å². The van der Waals surface area contributed by atoms with Crippen molar-refractivity contribution in [3.63, 3.8) is 0 Å². The zero-order valence-corrected chi connectivity index (χ0v) is 42.6. The number of rotatable bonds is 11. The molecule has 1 unspecified atom stereocenters. The number of benzene rings is 2. The van der Waals surface area contributed by atoms with Gasteiger partial charge in [-0.25, -0.2) is 13.8 Å². The van der Waals surface area contributed by atoms with E-state index < -0.39 is 46.1 Å². The Hall–Kier alpha value is -6.63.